The Kier molecular flexibility index (Phi) is 4.16. The number of nitrogen functional groups attached to an aromatic ring is 1. The van der Waals surface area contributed by atoms with Gasteiger partial charge in [-0.25, -0.2) is 4.98 Å². The molecule has 0 fully saturated rings. The van der Waals surface area contributed by atoms with Gasteiger partial charge in [0.25, 0.3) is 5.91 Å². The molecule has 2 rings (SSSR count). The number of thiazole rings is 1. The van der Waals surface area contributed by atoms with Gasteiger partial charge in [-0.15, -0.1) is 11.3 Å². The van der Waals surface area contributed by atoms with E-state index >= 15 is 0 Å². The first-order valence-corrected chi connectivity index (χ1v) is 7.05. The minimum absolute atomic E-state index is 0.0470. The van der Waals surface area contributed by atoms with Crippen molar-refractivity contribution in [3.63, 3.8) is 0 Å². The maximum absolute atomic E-state index is 12.2. The largest absolute Gasteiger partial charge is 0.399 e. The topological polar surface area (TPSA) is 68.0 Å². The highest BCUT2D eigenvalue weighted by Gasteiger charge is 2.16. The number of nitrogens with zero attached hydrogens (tertiary/aromatic N) is 1. The molecule has 1 unspecified atom stereocenters. The average molecular weight is 275 g/mol. The van der Waals surface area contributed by atoms with Crippen LogP contribution in [0.4, 0.5) is 5.69 Å². The normalized spacial score (nSPS) is 12.1. The van der Waals surface area contributed by atoms with Gasteiger partial charge < -0.3 is 11.1 Å². The van der Waals surface area contributed by atoms with Crippen LogP contribution in [0.2, 0.25) is 0 Å². The van der Waals surface area contributed by atoms with Gasteiger partial charge in [0.05, 0.1) is 6.04 Å². The minimum atomic E-state index is -0.113. The first kappa shape index (κ1) is 13.5. The number of carbonyl (C=O) groups excluding carboxylic acids is 1. The van der Waals surface area contributed by atoms with E-state index in [0.29, 0.717) is 11.3 Å². The van der Waals surface area contributed by atoms with Gasteiger partial charge in [-0.2, -0.15) is 0 Å². The molecule has 1 heterocycles. The predicted molar refractivity (Wildman–Crippen MR) is 78.2 cm³/mol. The number of carbonyl (C=O) groups is 1. The fourth-order valence-electron chi connectivity index (χ4n) is 1.93. The molecule has 1 aromatic heterocycles. The summed E-state index contributed by atoms with van der Waals surface area (Å²) >= 11 is 1.55. The third-order valence-corrected chi connectivity index (χ3v) is 3.71. The molecule has 1 atom stereocenters. The fraction of sp³-hybridized carbons (Fsp3) is 0.286. The van der Waals surface area contributed by atoms with Crippen LogP contribution < -0.4 is 11.1 Å². The van der Waals surface area contributed by atoms with Crippen molar-refractivity contribution in [1.29, 1.82) is 0 Å². The summed E-state index contributed by atoms with van der Waals surface area (Å²) in [5, 5.41) is 5.83. The molecular weight excluding hydrogens is 258 g/mol. The van der Waals surface area contributed by atoms with Gasteiger partial charge in [0.1, 0.15) is 5.01 Å². The zero-order chi connectivity index (χ0) is 13.8. The van der Waals surface area contributed by atoms with Crippen molar-refractivity contribution in [2.45, 2.75) is 26.3 Å². The maximum Gasteiger partial charge on any atom is 0.251 e. The van der Waals surface area contributed by atoms with Crippen molar-refractivity contribution in [2.24, 2.45) is 0 Å². The van der Waals surface area contributed by atoms with Crippen molar-refractivity contribution < 1.29 is 4.79 Å². The first-order valence-electron chi connectivity index (χ1n) is 6.17. The minimum Gasteiger partial charge on any atom is -0.399 e. The van der Waals surface area contributed by atoms with Gasteiger partial charge in [-0.1, -0.05) is 6.92 Å². The van der Waals surface area contributed by atoms with Gasteiger partial charge in [-0.05, 0) is 37.1 Å². The first-order chi connectivity index (χ1) is 9.10. The predicted octanol–water partition coefficient (Wildman–Crippen LogP) is 2.91. The highest BCUT2D eigenvalue weighted by atomic mass is 32.1. The van der Waals surface area contributed by atoms with Gasteiger partial charge in [-0.3, -0.25) is 4.79 Å². The smallest absolute Gasteiger partial charge is 0.251 e. The lowest BCUT2D eigenvalue weighted by atomic mass is 10.1. The number of aromatic nitrogens is 1. The number of benzene rings is 1. The van der Waals surface area contributed by atoms with E-state index in [-0.39, 0.29) is 11.9 Å². The van der Waals surface area contributed by atoms with E-state index in [2.05, 4.69) is 10.3 Å². The fourth-order valence-corrected chi connectivity index (χ4v) is 2.70. The van der Waals surface area contributed by atoms with E-state index in [1.807, 2.05) is 31.4 Å². The van der Waals surface area contributed by atoms with Crippen LogP contribution in [-0.4, -0.2) is 10.9 Å². The number of hydrogen-bond acceptors (Lipinski definition) is 4. The molecular formula is C14H17N3OS. The second-order valence-electron chi connectivity index (χ2n) is 4.44. The summed E-state index contributed by atoms with van der Waals surface area (Å²) in [7, 11) is 0. The van der Waals surface area contributed by atoms with Crippen molar-refractivity contribution in [2.75, 3.05) is 5.73 Å². The zero-order valence-electron chi connectivity index (χ0n) is 11.0. The van der Waals surface area contributed by atoms with Crippen LogP contribution in [0.25, 0.3) is 0 Å². The van der Waals surface area contributed by atoms with Crippen LogP contribution in [0.1, 0.15) is 40.3 Å². The third-order valence-electron chi connectivity index (χ3n) is 2.82. The Morgan fingerprint density at radius 1 is 1.47 bits per heavy atom. The Bertz CT molecular complexity index is 546. The van der Waals surface area contributed by atoms with E-state index in [1.54, 1.807) is 23.6 Å². The monoisotopic (exact) mass is 275 g/mol. The summed E-state index contributed by atoms with van der Waals surface area (Å²) < 4.78 is 0. The van der Waals surface area contributed by atoms with Crippen molar-refractivity contribution in [3.8, 4) is 0 Å². The van der Waals surface area contributed by atoms with Crippen molar-refractivity contribution in [3.05, 3.63) is 45.9 Å². The molecule has 0 aliphatic heterocycles. The molecule has 0 aliphatic rings. The lowest BCUT2D eigenvalue weighted by Crippen LogP contribution is -2.28. The molecule has 2 aromatic rings. The molecule has 1 amide bonds. The van der Waals surface area contributed by atoms with Crippen LogP contribution in [-0.2, 0) is 0 Å². The van der Waals surface area contributed by atoms with Crippen LogP contribution in [0, 0.1) is 6.92 Å². The number of anilines is 1. The molecule has 0 spiro atoms. The summed E-state index contributed by atoms with van der Waals surface area (Å²) in [4.78, 5) is 16.5. The number of amides is 1. The van der Waals surface area contributed by atoms with E-state index in [0.717, 1.165) is 17.0 Å². The average Bonchev–Trinajstić information content (AvgIpc) is 2.88. The Morgan fingerprint density at radius 3 is 2.84 bits per heavy atom. The van der Waals surface area contributed by atoms with Crippen LogP contribution in [0.15, 0.2) is 29.8 Å². The molecule has 0 saturated carbocycles. The molecule has 0 aliphatic carbocycles. The summed E-state index contributed by atoms with van der Waals surface area (Å²) in [6.45, 7) is 3.95. The Hall–Kier alpha value is -1.88. The maximum atomic E-state index is 12.2. The molecule has 0 radical (unpaired) electrons. The number of rotatable bonds is 4. The summed E-state index contributed by atoms with van der Waals surface area (Å²) in [6.07, 6.45) is 2.56. The number of hydrogen-bond donors (Lipinski definition) is 2. The second-order valence-corrected chi connectivity index (χ2v) is 5.36. The zero-order valence-corrected chi connectivity index (χ0v) is 11.8. The molecule has 1 aromatic carbocycles. The third kappa shape index (κ3) is 3.32. The van der Waals surface area contributed by atoms with E-state index in [1.165, 1.54) is 0 Å². The standard InChI is InChI=1S/C14H17N3OS/c1-3-12(14-16-4-5-19-14)17-13(18)10-6-9(2)7-11(15)8-10/h4-8,12H,3,15H2,1-2H3,(H,17,18). The highest BCUT2D eigenvalue weighted by molar-refractivity contribution is 7.09. The van der Waals surface area contributed by atoms with Gasteiger partial charge in [0.15, 0.2) is 0 Å². The van der Waals surface area contributed by atoms with E-state index in [9.17, 15) is 4.79 Å². The number of aryl methyl sites for hydroxylation is 1. The summed E-state index contributed by atoms with van der Waals surface area (Å²) in [5.74, 6) is -0.113. The van der Waals surface area contributed by atoms with Crippen molar-refractivity contribution >= 4 is 22.9 Å². The Morgan fingerprint density at radius 2 is 2.26 bits per heavy atom. The molecule has 3 N–H and O–H groups in total. The Balaban J connectivity index is 2.15. The van der Waals surface area contributed by atoms with Gasteiger partial charge >= 0.3 is 0 Å². The molecule has 5 heteroatoms. The van der Waals surface area contributed by atoms with Crippen LogP contribution >= 0.6 is 11.3 Å². The van der Waals surface area contributed by atoms with Crippen molar-refractivity contribution in [1.82, 2.24) is 10.3 Å². The number of nitrogens with two attached hydrogens (primary N) is 1. The van der Waals surface area contributed by atoms with Gasteiger partial charge in [0, 0.05) is 22.8 Å². The quantitative estimate of drug-likeness (QED) is 0.843. The molecule has 4 nitrogen and oxygen atoms in total. The second kappa shape index (κ2) is 5.84. The lowest BCUT2D eigenvalue weighted by Gasteiger charge is -2.15. The molecule has 0 bridgehead atoms. The highest BCUT2D eigenvalue weighted by Crippen LogP contribution is 2.20. The SMILES string of the molecule is CCC(NC(=O)c1cc(C)cc(N)c1)c1nccs1. The summed E-state index contributed by atoms with van der Waals surface area (Å²) in [5.41, 5.74) is 7.94. The van der Waals surface area contributed by atoms with Gasteiger partial charge in [0.2, 0.25) is 0 Å². The number of nitrogens with one attached hydrogen (secondary N) is 1. The summed E-state index contributed by atoms with van der Waals surface area (Å²) in [6, 6.07) is 5.32. The Labute approximate surface area is 116 Å². The molecule has 100 valence electrons. The van der Waals surface area contributed by atoms with E-state index < -0.39 is 0 Å². The van der Waals surface area contributed by atoms with Crippen LogP contribution in [0.5, 0.6) is 0 Å². The molecule has 19 heavy (non-hydrogen) atoms. The van der Waals surface area contributed by atoms with E-state index in [4.69, 9.17) is 5.73 Å². The molecule has 0 saturated heterocycles. The lowest BCUT2D eigenvalue weighted by molar-refractivity contribution is 0.0935. The van der Waals surface area contributed by atoms with Crippen LogP contribution in [0.3, 0.4) is 0 Å².